The van der Waals surface area contributed by atoms with Crippen molar-refractivity contribution in [3.8, 4) is 0 Å². The highest BCUT2D eigenvalue weighted by Gasteiger charge is 2.38. The summed E-state index contributed by atoms with van der Waals surface area (Å²) in [5.41, 5.74) is 5.40. The van der Waals surface area contributed by atoms with Gasteiger partial charge >= 0.3 is 0 Å². The maximum Gasteiger partial charge on any atom is 0.261 e. The Balaban J connectivity index is 2.20. The molecule has 2 saturated heterocycles. The summed E-state index contributed by atoms with van der Waals surface area (Å²) in [5.74, 6) is -0.771. The topological polar surface area (TPSA) is 83.7 Å². The van der Waals surface area contributed by atoms with Gasteiger partial charge in [0.15, 0.2) is 6.17 Å². The van der Waals surface area contributed by atoms with Crippen molar-refractivity contribution >= 4 is 17.7 Å². The monoisotopic (exact) mass is 253 g/mol. The van der Waals surface area contributed by atoms with E-state index in [0.717, 1.165) is 25.7 Å². The second-order valence-corrected chi connectivity index (χ2v) is 4.86. The van der Waals surface area contributed by atoms with E-state index in [9.17, 15) is 14.4 Å². The Labute approximate surface area is 106 Å². The molecule has 6 heteroatoms. The lowest BCUT2D eigenvalue weighted by Crippen LogP contribution is -2.57. The van der Waals surface area contributed by atoms with Gasteiger partial charge in [-0.25, -0.2) is 0 Å². The smallest absolute Gasteiger partial charge is 0.261 e. The molecule has 2 fully saturated rings. The van der Waals surface area contributed by atoms with E-state index in [1.165, 1.54) is 9.80 Å². The third-order valence-electron chi connectivity index (χ3n) is 3.56. The lowest BCUT2D eigenvalue weighted by atomic mass is 10.2. The van der Waals surface area contributed by atoms with Crippen molar-refractivity contribution in [1.29, 1.82) is 0 Å². The number of primary amides is 1. The van der Waals surface area contributed by atoms with E-state index in [-0.39, 0.29) is 11.8 Å². The molecule has 0 saturated carbocycles. The second-order valence-electron chi connectivity index (χ2n) is 4.86. The quantitative estimate of drug-likeness (QED) is 0.757. The highest BCUT2D eigenvalue weighted by atomic mass is 16.2. The summed E-state index contributed by atoms with van der Waals surface area (Å²) >= 11 is 0. The fourth-order valence-corrected chi connectivity index (χ4v) is 2.67. The Bertz CT molecular complexity index is 370. The van der Waals surface area contributed by atoms with E-state index in [4.69, 9.17) is 5.73 Å². The standard InChI is InChI=1S/C12H19N3O3/c13-11(18)12(15-8-4-6-10(15)17)14-7-3-1-2-5-9(14)16/h12H,1-8H2,(H2,13,18). The van der Waals surface area contributed by atoms with Crippen molar-refractivity contribution in [2.24, 2.45) is 5.73 Å². The number of carbonyl (C=O) groups is 3. The van der Waals surface area contributed by atoms with Crippen LogP contribution in [-0.4, -0.2) is 46.8 Å². The summed E-state index contributed by atoms with van der Waals surface area (Å²) in [5, 5.41) is 0. The highest BCUT2D eigenvalue weighted by Crippen LogP contribution is 2.20. The lowest BCUT2D eigenvalue weighted by molar-refractivity contribution is -0.151. The molecule has 2 N–H and O–H groups in total. The molecule has 2 aliphatic heterocycles. The first-order valence-electron chi connectivity index (χ1n) is 6.49. The van der Waals surface area contributed by atoms with Crippen LogP contribution in [0.2, 0.25) is 0 Å². The van der Waals surface area contributed by atoms with Crippen LogP contribution < -0.4 is 5.73 Å². The number of nitrogens with zero attached hydrogens (tertiary/aromatic N) is 2. The van der Waals surface area contributed by atoms with Crippen molar-refractivity contribution < 1.29 is 14.4 Å². The average molecular weight is 253 g/mol. The van der Waals surface area contributed by atoms with Crippen molar-refractivity contribution in [1.82, 2.24) is 9.80 Å². The molecule has 2 aliphatic rings. The lowest BCUT2D eigenvalue weighted by Gasteiger charge is -2.34. The molecule has 0 aromatic carbocycles. The van der Waals surface area contributed by atoms with Gasteiger partial charge < -0.3 is 15.5 Å². The molecule has 1 unspecified atom stereocenters. The van der Waals surface area contributed by atoms with E-state index < -0.39 is 12.1 Å². The van der Waals surface area contributed by atoms with Gasteiger partial charge in [-0.1, -0.05) is 6.42 Å². The first kappa shape index (κ1) is 12.9. The second kappa shape index (κ2) is 5.37. The van der Waals surface area contributed by atoms with Crippen molar-refractivity contribution in [3.05, 3.63) is 0 Å². The first-order valence-corrected chi connectivity index (χ1v) is 6.49. The molecule has 2 heterocycles. The number of carbonyl (C=O) groups excluding carboxylic acids is 3. The number of rotatable bonds is 3. The number of hydrogen-bond acceptors (Lipinski definition) is 3. The van der Waals surface area contributed by atoms with Crippen molar-refractivity contribution in [2.75, 3.05) is 13.1 Å². The zero-order valence-corrected chi connectivity index (χ0v) is 10.4. The van der Waals surface area contributed by atoms with Gasteiger partial charge in [0.1, 0.15) is 0 Å². The van der Waals surface area contributed by atoms with E-state index >= 15 is 0 Å². The first-order chi connectivity index (χ1) is 8.61. The van der Waals surface area contributed by atoms with Crippen LogP contribution in [-0.2, 0) is 14.4 Å². The molecule has 3 amide bonds. The van der Waals surface area contributed by atoms with Crippen LogP contribution in [0.15, 0.2) is 0 Å². The highest BCUT2D eigenvalue weighted by molar-refractivity contribution is 5.91. The third kappa shape index (κ3) is 2.47. The minimum absolute atomic E-state index is 0.0731. The Kier molecular flexibility index (Phi) is 3.84. The molecule has 0 spiro atoms. The Morgan fingerprint density at radius 3 is 2.06 bits per heavy atom. The van der Waals surface area contributed by atoms with Gasteiger partial charge in [-0.3, -0.25) is 14.4 Å². The summed E-state index contributed by atoms with van der Waals surface area (Å²) in [4.78, 5) is 38.3. The third-order valence-corrected chi connectivity index (χ3v) is 3.56. The van der Waals surface area contributed by atoms with E-state index in [1.807, 2.05) is 0 Å². The van der Waals surface area contributed by atoms with E-state index in [2.05, 4.69) is 0 Å². The number of nitrogens with two attached hydrogens (primary N) is 1. The molecule has 0 radical (unpaired) electrons. The predicted molar refractivity (Wildman–Crippen MR) is 64.1 cm³/mol. The SMILES string of the molecule is NC(=O)C(N1CCCCCC1=O)N1CCCC1=O. The molecule has 0 aliphatic carbocycles. The zero-order valence-electron chi connectivity index (χ0n) is 10.4. The summed E-state index contributed by atoms with van der Waals surface area (Å²) in [6.45, 7) is 1.02. The van der Waals surface area contributed by atoms with Crippen LogP contribution in [0.3, 0.4) is 0 Å². The maximum absolute atomic E-state index is 12.0. The number of hydrogen-bond donors (Lipinski definition) is 1. The fraction of sp³-hybridized carbons (Fsp3) is 0.750. The molecular weight excluding hydrogens is 234 g/mol. The molecule has 2 rings (SSSR count). The summed E-state index contributed by atoms with van der Waals surface area (Å²) in [6, 6.07) is 0. The van der Waals surface area contributed by atoms with Gasteiger partial charge in [0.2, 0.25) is 11.8 Å². The van der Waals surface area contributed by atoms with Crippen LogP contribution in [0, 0.1) is 0 Å². The van der Waals surface area contributed by atoms with Gasteiger partial charge in [-0.2, -0.15) is 0 Å². The van der Waals surface area contributed by atoms with Crippen molar-refractivity contribution in [2.45, 2.75) is 44.7 Å². The number of amides is 3. The van der Waals surface area contributed by atoms with E-state index in [0.29, 0.717) is 25.9 Å². The number of likely N-dealkylation sites (tertiary alicyclic amines) is 2. The molecule has 1 atom stereocenters. The van der Waals surface area contributed by atoms with Gasteiger partial charge in [0.25, 0.3) is 5.91 Å². The van der Waals surface area contributed by atoms with Crippen LogP contribution in [0.25, 0.3) is 0 Å². The molecule has 100 valence electrons. The fourth-order valence-electron chi connectivity index (χ4n) is 2.67. The largest absolute Gasteiger partial charge is 0.366 e. The molecular formula is C12H19N3O3. The Morgan fingerprint density at radius 2 is 1.50 bits per heavy atom. The minimum atomic E-state index is -0.884. The van der Waals surface area contributed by atoms with Gasteiger partial charge in [-0.05, 0) is 19.3 Å². The summed E-state index contributed by atoms with van der Waals surface area (Å²) in [7, 11) is 0. The summed E-state index contributed by atoms with van der Waals surface area (Å²) < 4.78 is 0. The molecule has 0 aromatic rings. The Morgan fingerprint density at radius 1 is 0.944 bits per heavy atom. The molecule has 0 aromatic heterocycles. The van der Waals surface area contributed by atoms with Crippen LogP contribution in [0.4, 0.5) is 0 Å². The normalized spacial score (nSPS) is 23.1. The van der Waals surface area contributed by atoms with Crippen LogP contribution >= 0.6 is 0 Å². The van der Waals surface area contributed by atoms with E-state index in [1.54, 1.807) is 0 Å². The Hall–Kier alpha value is -1.59. The average Bonchev–Trinajstić information content (AvgIpc) is 2.61. The van der Waals surface area contributed by atoms with Crippen molar-refractivity contribution in [3.63, 3.8) is 0 Å². The maximum atomic E-state index is 12.0. The molecule has 6 nitrogen and oxygen atoms in total. The van der Waals surface area contributed by atoms with Crippen LogP contribution in [0.5, 0.6) is 0 Å². The zero-order chi connectivity index (χ0) is 13.1. The molecule has 0 bridgehead atoms. The molecule has 18 heavy (non-hydrogen) atoms. The van der Waals surface area contributed by atoms with Crippen LogP contribution in [0.1, 0.15) is 38.5 Å². The predicted octanol–water partition coefficient (Wildman–Crippen LogP) is -0.177. The van der Waals surface area contributed by atoms with Gasteiger partial charge in [-0.15, -0.1) is 0 Å². The van der Waals surface area contributed by atoms with Gasteiger partial charge in [0, 0.05) is 25.9 Å². The van der Waals surface area contributed by atoms with Gasteiger partial charge in [0.05, 0.1) is 0 Å². The minimum Gasteiger partial charge on any atom is -0.366 e. The summed E-state index contributed by atoms with van der Waals surface area (Å²) in [6.07, 6.45) is 3.39.